The molecule has 0 bridgehead atoms. The summed E-state index contributed by atoms with van der Waals surface area (Å²) < 4.78 is 5.12. The third kappa shape index (κ3) is 1.72. The first-order valence-electron chi connectivity index (χ1n) is 5.53. The van der Waals surface area contributed by atoms with E-state index in [1.807, 2.05) is 18.2 Å². The van der Waals surface area contributed by atoms with Gasteiger partial charge in [0.15, 0.2) is 11.6 Å². The number of nitrogen functional groups attached to an aromatic ring is 1. The molecule has 0 aliphatic carbocycles. The number of hydrogen-bond acceptors (Lipinski definition) is 5. The molecule has 3 rings (SSSR count). The summed E-state index contributed by atoms with van der Waals surface area (Å²) in [6, 6.07) is 8.90. The molecule has 6 nitrogen and oxygen atoms in total. The van der Waals surface area contributed by atoms with Crippen molar-refractivity contribution in [1.82, 2.24) is 5.16 Å². The van der Waals surface area contributed by atoms with Crippen molar-refractivity contribution < 1.29 is 14.2 Å². The minimum absolute atomic E-state index is 0.0741. The van der Waals surface area contributed by atoms with Crippen molar-refractivity contribution in [2.24, 2.45) is 0 Å². The maximum atomic E-state index is 11.7. The Morgan fingerprint density at radius 3 is 2.83 bits per heavy atom. The van der Waals surface area contributed by atoms with E-state index in [9.17, 15) is 4.79 Å². The number of aromatic nitrogens is 1. The Morgan fingerprint density at radius 2 is 2.17 bits per heavy atom. The van der Waals surface area contributed by atoms with Crippen molar-refractivity contribution in [3.63, 3.8) is 0 Å². The first-order chi connectivity index (χ1) is 8.75. The smallest absolute Gasteiger partial charge is 0.253 e. The van der Waals surface area contributed by atoms with E-state index in [-0.39, 0.29) is 5.91 Å². The average Bonchev–Trinajstić information content (AvgIpc) is 2.98. The molecule has 0 saturated carbocycles. The molecule has 0 radical (unpaired) electrons. The molecule has 2 aromatic rings. The molecule has 1 aliphatic heterocycles. The van der Waals surface area contributed by atoms with Gasteiger partial charge in [-0.1, -0.05) is 17.3 Å². The van der Waals surface area contributed by atoms with Gasteiger partial charge in [-0.15, -0.1) is 0 Å². The Kier molecular flexibility index (Phi) is 2.49. The van der Waals surface area contributed by atoms with Crippen molar-refractivity contribution in [3.05, 3.63) is 30.3 Å². The summed E-state index contributed by atoms with van der Waals surface area (Å²) in [5, 5.41) is 4.92. The number of hydrogen-bond donors (Lipinski definition) is 1. The monoisotopic (exact) mass is 245 g/mol. The first kappa shape index (κ1) is 10.8. The molecule has 1 aromatic carbocycles. The molecule has 1 aliphatic rings. The lowest BCUT2D eigenvalue weighted by Gasteiger charge is -2.16. The van der Waals surface area contributed by atoms with Crippen molar-refractivity contribution in [2.45, 2.75) is 6.42 Å². The molecular weight excluding hydrogens is 234 g/mol. The quantitative estimate of drug-likeness (QED) is 0.868. The highest BCUT2D eigenvalue weighted by Crippen LogP contribution is 2.33. The number of benzene rings is 1. The number of para-hydroxylation sites is 1. The fourth-order valence-corrected chi connectivity index (χ4v) is 1.88. The lowest BCUT2D eigenvalue weighted by molar-refractivity contribution is -0.119. The van der Waals surface area contributed by atoms with Gasteiger partial charge in [0.25, 0.3) is 5.91 Å². The number of nitrogens with zero attached hydrogens (tertiary/aromatic N) is 2. The normalized spacial score (nSPS) is 15.3. The van der Waals surface area contributed by atoms with Crippen LogP contribution in [0.2, 0.25) is 0 Å². The summed E-state index contributed by atoms with van der Waals surface area (Å²) in [5.41, 5.74) is 6.88. The topological polar surface area (TPSA) is 81.6 Å². The van der Waals surface area contributed by atoms with Crippen LogP contribution in [0.25, 0.3) is 11.3 Å². The van der Waals surface area contributed by atoms with Crippen LogP contribution in [0, 0.1) is 0 Å². The van der Waals surface area contributed by atoms with Gasteiger partial charge in [-0.25, -0.2) is 0 Å². The van der Waals surface area contributed by atoms with Crippen molar-refractivity contribution in [1.29, 1.82) is 0 Å². The molecule has 6 heteroatoms. The standard InChI is InChI=1S/C12H11N3O3/c13-11-7-10(18-14-11)8-3-1-2-4-9(8)15-12(16)5-6-17-15/h1-4,7H,5-6H2,(H2,13,14). The van der Waals surface area contributed by atoms with Gasteiger partial charge in [-0.2, -0.15) is 5.06 Å². The molecule has 1 aromatic heterocycles. The number of nitrogens with two attached hydrogens (primary N) is 1. The number of hydroxylamine groups is 1. The predicted molar refractivity (Wildman–Crippen MR) is 64.4 cm³/mol. The summed E-state index contributed by atoms with van der Waals surface area (Å²) in [7, 11) is 0. The predicted octanol–water partition coefficient (Wildman–Crippen LogP) is 1.59. The van der Waals surface area contributed by atoms with Crippen LogP contribution in [-0.4, -0.2) is 17.7 Å². The van der Waals surface area contributed by atoms with E-state index in [0.29, 0.717) is 30.3 Å². The van der Waals surface area contributed by atoms with Crippen LogP contribution in [0.4, 0.5) is 11.5 Å². The molecule has 18 heavy (non-hydrogen) atoms. The number of anilines is 2. The van der Waals surface area contributed by atoms with Crippen LogP contribution in [-0.2, 0) is 9.63 Å². The van der Waals surface area contributed by atoms with Crippen LogP contribution in [0.1, 0.15) is 6.42 Å². The van der Waals surface area contributed by atoms with Gasteiger partial charge in [0.2, 0.25) is 0 Å². The third-order valence-corrected chi connectivity index (χ3v) is 2.68. The highest BCUT2D eigenvalue weighted by molar-refractivity contribution is 5.96. The number of rotatable bonds is 2. The fraction of sp³-hybridized carbons (Fsp3) is 0.167. The molecule has 2 heterocycles. The second-order valence-corrected chi connectivity index (χ2v) is 3.90. The van der Waals surface area contributed by atoms with Gasteiger partial charge in [-0.05, 0) is 12.1 Å². The maximum absolute atomic E-state index is 11.7. The Morgan fingerprint density at radius 1 is 1.33 bits per heavy atom. The van der Waals surface area contributed by atoms with E-state index in [0.717, 1.165) is 5.56 Å². The van der Waals surface area contributed by atoms with Crippen LogP contribution in [0.5, 0.6) is 0 Å². The van der Waals surface area contributed by atoms with Gasteiger partial charge in [0.1, 0.15) is 0 Å². The number of carbonyl (C=O) groups is 1. The molecular formula is C12H11N3O3. The molecule has 1 saturated heterocycles. The molecule has 0 unspecified atom stereocenters. The maximum Gasteiger partial charge on any atom is 0.253 e. The highest BCUT2D eigenvalue weighted by Gasteiger charge is 2.26. The van der Waals surface area contributed by atoms with Crippen LogP contribution >= 0.6 is 0 Å². The SMILES string of the molecule is Nc1cc(-c2ccccc2N2OCCC2=O)on1. The fourth-order valence-electron chi connectivity index (χ4n) is 1.88. The van der Waals surface area contributed by atoms with Crippen LogP contribution in [0.15, 0.2) is 34.9 Å². The lowest BCUT2D eigenvalue weighted by Crippen LogP contribution is -2.22. The summed E-state index contributed by atoms with van der Waals surface area (Å²) in [6.07, 6.45) is 0.382. The molecule has 1 fully saturated rings. The zero-order valence-electron chi connectivity index (χ0n) is 9.50. The number of carbonyl (C=O) groups excluding carboxylic acids is 1. The van der Waals surface area contributed by atoms with Gasteiger partial charge >= 0.3 is 0 Å². The molecule has 1 amide bonds. The summed E-state index contributed by atoms with van der Waals surface area (Å²) in [5.74, 6) is 0.731. The van der Waals surface area contributed by atoms with Crippen LogP contribution < -0.4 is 10.8 Å². The van der Waals surface area contributed by atoms with E-state index < -0.39 is 0 Å². The summed E-state index contributed by atoms with van der Waals surface area (Å²) in [6.45, 7) is 0.395. The second-order valence-electron chi connectivity index (χ2n) is 3.90. The van der Waals surface area contributed by atoms with Gasteiger partial charge in [-0.3, -0.25) is 9.63 Å². The van der Waals surface area contributed by atoms with E-state index in [4.69, 9.17) is 15.1 Å². The lowest BCUT2D eigenvalue weighted by atomic mass is 10.1. The average molecular weight is 245 g/mol. The van der Waals surface area contributed by atoms with E-state index in [1.54, 1.807) is 12.1 Å². The second kappa shape index (κ2) is 4.15. The van der Waals surface area contributed by atoms with Gasteiger partial charge < -0.3 is 10.3 Å². The third-order valence-electron chi connectivity index (χ3n) is 2.68. The van der Waals surface area contributed by atoms with E-state index in [1.165, 1.54) is 5.06 Å². The Bertz CT molecular complexity index is 594. The molecule has 92 valence electrons. The Balaban J connectivity index is 2.07. The highest BCUT2D eigenvalue weighted by atomic mass is 16.7. The van der Waals surface area contributed by atoms with Crippen molar-refractivity contribution in [2.75, 3.05) is 17.4 Å². The molecule has 0 atom stereocenters. The van der Waals surface area contributed by atoms with E-state index in [2.05, 4.69) is 5.16 Å². The summed E-state index contributed by atoms with van der Waals surface area (Å²) in [4.78, 5) is 17.0. The Hall–Kier alpha value is -2.34. The first-order valence-corrected chi connectivity index (χ1v) is 5.53. The van der Waals surface area contributed by atoms with Crippen LogP contribution in [0.3, 0.4) is 0 Å². The molecule has 2 N–H and O–H groups in total. The molecule has 0 spiro atoms. The zero-order chi connectivity index (χ0) is 12.5. The summed E-state index contributed by atoms with van der Waals surface area (Å²) >= 11 is 0. The van der Waals surface area contributed by atoms with E-state index >= 15 is 0 Å². The minimum Gasteiger partial charge on any atom is -0.381 e. The largest absolute Gasteiger partial charge is 0.381 e. The minimum atomic E-state index is -0.0741. The van der Waals surface area contributed by atoms with Crippen molar-refractivity contribution in [3.8, 4) is 11.3 Å². The number of amides is 1. The zero-order valence-corrected chi connectivity index (χ0v) is 9.50. The van der Waals surface area contributed by atoms with Gasteiger partial charge in [0, 0.05) is 11.6 Å². The Labute approximate surface area is 103 Å². The van der Waals surface area contributed by atoms with Gasteiger partial charge in [0.05, 0.1) is 18.7 Å². The van der Waals surface area contributed by atoms with Crippen molar-refractivity contribution >= 4 is 17.4 Å².